The molecule has 214 valence electrons. The Bertz CT molecular complexity index is 1660. The summed E-state index contributed by atoms with van der Waals surface area (Å²) in [7, 11) is -4.27. The SMILES string of the molecule is CC(=O)Nc1ccc(N2C(=O)CC(N(Cc3ccc4c(c3)OCO4)S(=O)(=O)c3c(C)c(C)cc(C)c3C)C2=O)cc1. The van der Waals surface area contributed by atoms with E-state index in [9.17, 15) is 22.8 Å². The number of amides is 3. The number of anilines is 2. The van der Waals surface area contributed by atoms with Gasteiger partial charge in [0.05, 0.1) is 17.0 Å². The first-order valence-electron chi connectivity index (χ1n) is 13.1. The van der Waals surface area contributed by atoms with Crippen molar-refractivity contribution in [1.82, 2.24) is 4.31 Å². The highest BCUT2D eigenvalue weighted by Gasteiger charge is 2.47. The van der Waals surface area contributed by atoms with E-state index in [1.165, 1.54) is 6.92 Å². The van der Waals surface area contributed by atoms with Crippen molar-refractivity contribution in [3.8, 4) is 11.5 Å². The minimum Gasteiger partial charge on any atom is -0.454 e. The van der Waals surface area contributed by atoms with Crippen LogP contribution in [0.25, 0.3) is 0 Å². The van der Waals surface area contributed by atoms with E-state index in [-0.39, 0.29) is 36.2 Å². The molecule has 2 heterocycles. The van der Waals surface area contributed by atoms with E-state index in [4.69, 9.17) is 9.47 Å². The lowest BCUT2D eigenvalue weighted by molar-refractivity contribution is -0.122. The van der Waals surface area contributed by atoms with Crippen LogP contribution in [0.15, 0.2) is 53.4 Å². The van der Waals surface area contributed by atoms with Crippen LogP contribution in [0.3, 0.4) is 0 Å². The Morgan fingerprint density at radius 1 is 0.951 bits per heavy atom. The van der Waals surface area contributed by atoms with Crippen molar-refractivity contribution in [1.29, 1.82) is 0 Å². The van der Waals surface area contributed by atoms with Crippen LogP contribution in [0.5, 0.6) is 11.5 Å². The Kier molecular flexibility index (Phi) is 7.35. The molecule has 1 saturated heterocycles. The highest BCUT2D eigenvalue weighted by Crippen LogP contribution is 2.37. The summed E-state index contributed by atoms with van der Waals surface area (Å²) < 4.78 is 41.0. The number of ether oxygens (including phenoxy) is 2. The second-order valence-electron chi connectivity index (χ2n) is 10.3. The lowest BCUT2D eigenvalue weighted by Gasteiger charge is -2.29. The van der Waals surface area contributed by atoms with E-state index in [1.807, 2.05) is 19.9 Å². The maximum atomic E-state index is 14.5. The van der Waals surface area contributed by atoms with Crippen LogP contribution in [-0.2, 0) is 31.0 Å². The standard InChI is InChI=1S/C30H31N3O7S/c1-17-12-18(2)20(4)29(19(17)3)41(37,38)32(15-22-6-11-26-27(13-22)40-16-39-26)25-14-28(35)33(30(25)36)24-9-7-23(8-10-24)31-21(5)34/h6-13,25H,14-16H2,1-5H3,(H,31,34). The normalized spacial score (nSPS) is 16.5. The fourth-order valence-corrected chi connectivity index (χ4v) is 7.43. The van der Waals surface area contributed by atoms with E-state index in [1.54, 1.807) is 56.3 Å². The molecule has 1 N–H and O–H groups in total. The summed E-state index contributed by atoms with van der Waals surface area (Å²) in [5, 5.41) is 2.64. The van der Waals surface area contributed by atoms with Gasteiger partial charge < -0.3 is 14.8 Å². The number of aryl methyl sites for hydroxylation is 2. The molecule has 1 atom stereocenters. The number of carbonyl (C=O) groups excluding carboxylic acids is 3. The van der Waals surface area contributed by atoms with Crippen molar-refractivity contribution in [2.45, 2.75) is 58.5 Å². The predicted molar refractivity (Wildman–Crippen MR) is 152 cm³/mol. The van der Waals surface area contributed by atoms with Gasteiger partial charge in [0.25, 0.3) is 5.91 Å². The first-order chi connectivity index (χ1) is 19.4. The summed E-state index contributed by atoms with van der Waals surface area (Å²) in [6.45, 7) is 8.46. The predicted octanol–water partition coefficient (Wildman–Crippen LogP) is 4.13. The molecule has 0 bridgehead atoms. The number of fused-ring (bicyclic) bond motifs is 1. The summed E-state index contributed by atoms with van der Waals surface area (Å²) in [5.74, 6) is -0.399. The third-order valence-corrected chi connectivity index (χ3v) is 9.68. The molecule has 41 heavy (non-hydrogen) atoms. The van der Waals surface area contributed by atoms with Crippen molar-refractivity contribution in [2.75, 3.05) is 17.0 Å². The number of rotatable bonds is 7. The van der Waals surface area contributed by atoms with Gasteiger partial charge in [0.15, 0.2) is 11.5 Å². The van der Waals surface area contributed by atoms with Crippen LogP contribution in [0.4, 0.5) is 11.4 Å². The Balaban J connectivity index is 1.57. The van der Waals surface area contributed by atoms with Gasteiger partial charge in [0.1, 0.15) is 6.04 Å². The van der Waals surface area contributed by atoms with Crippen LogP contribution in [-0.4, -0.2) is 43.3 Å². The van der Waals surface area contributed by atoms with Gasteiger partial charge in [0, 0.05) is 19.2 Å². The molecule has 2 aliphatic heterocycles. The number of hydrogen-bond acceptors (Lipinski definition) is 7. The molecule has 0 aromatic heterocycles. The molecular weight excluding hydrogens is 546 g/mol. The number of nitrogens with zero attached hydrogens (tertiary/aromatic N) is 2. The van der Waals surface area contributed by atoms with Gasteiger partial charge in [-0.15, -0.1) is 0 Å². The Morgan fingerprint density at radius 2 is 1.59 bits per heavy atom. The van der Waals surface area contributed by atoms with Gasteiger partial charge in [-0.25, -0.2) is 13.3 Å². The molecule has 0 spiro atoms. The van der Waals surface area contributed by atoms with Crippen molar-refractivity contribution in [3.63, 3.8) is 0 Å². The topological polar surface area (TPSA) is 122 Å². The molecule has 0 radical (unpaired) electrons. The molecule has 3 amide bonds. The zero-order valence-corrected chi connectivity index (χ0v) is 24.3. The first kappa shape index (κ1) is 28.3. The van der Waals surface area contributed by atoms with Crippen LogP contribution in [0.2, 0.25) is 0 Å². The number of carbonyl (C=O) groups is 3. The van der Waals surface area contributed by atoms with Crippen molar-refractivity contribution in [3.05, 3.63) is 76.3 Å². The minimum atomic E-state index is -4.27. The van der Waals surface area contributed by atoms with E-state index in [2.05, 4.69) is 5.32 Å². The number of nitrogens with one attached hydrogen (secondary N) is 1. The molecule has 1 fully saturated rings. The second kappa shape index (κ2) is 10.6. The molecule has 10 nitrogen and oxygen atoms in total. The number of benzene rings is 3. The van der Waals surface area contributed by atoms with Crippen LogP contribution < -0.4 is 19.7 Å². The maximum Gasteiger partial charge on any atom is 0.252 e. The number of imide groups is 1. The molecule has 11 heteroatoms. The number of sulfonamides is 1. The molecule has 2 aliphatic rings. The number of hydrogen-bond donors (Lipinski definition) is 1. The largest absolute Gasteiger partial charge is 0.454 e. The van der Waals surface area contributed by atoms with Crippen LogP contribution in [0, 0.1) is 27.7 Å². The van der Waals surface area contributed by atoms with Crippen LogP contribution in [0.1, 0.15) is 41.2 Å². The third kappa shape index (κ3) is 5.18. The van der Waals surface area contributed by atoms with Gasteiger partial charge in [0.2, 0.25) is 28.6 Å². The van der Waals surface area contributed by atoms with E-state index in [0.717, 1.165) is 20.3 Å². The molecule has 1 unspecified atom stereocenters. The Morgan fingerprint density at radius 3 is 2.22 bits per heavy atom. The zero-order chi connectivity index (χ0) is 29.6. The van der Waals surface area contributed by atoms with Crippen molar-refractivity contribution < 1.29 is 32.3 Å². The van der Waals surface area contributed by atoms with Gasteiger partial charge >= 0.3 is 0 Å². The fraction of sp³-hybridized carbons (Fsp3) is 0.300. The third-order valence-electron chi connectivity index (χ3n) is 7.56. The Labute approximate surface area is 238 Å². The second-order valence-corrected chi connectivity index (χ2v) is 12.2. The fourth-order valence-electron chi connectivity index (χ4n) is 5.28. The van der Waals surface area contributed by atoms with Gasteiger partial charge in [-0.3, -0.25) is 14.4 Å². The average Bonchev–Trinajstić information content (AvgIpc) is 3.49. The van der Waals surface area contributed by atoms with Crippen molar-refractivity contribution in [2.24, 2.45) is 0 Å². The summed E-state index contributed by atoms with van der Waals surface area (Å²) in [4.78, 5) is 39.6. The smallest absolute Gasteiger partial charge is 0.252 e. The molecule has 3 aromatic carbocycles. The monoisotopic (exact) mass is 577 g/mol. The van der Waals surface area contributed by atoms with Crippen LogP contribution >= 0.6 is 0 Å². The van der Waals surface area contributed by atoms with E-state index in [0.29, 0.717) is 33.9 Å². The minimum absolute atomic E-state index is 0.0626. The summed E-state index contributed by atoms with van der Waals surface area (Å²) in [6, 6.07) is 12.0. The van der Waals surface area contributed by atoms with E-state index >= 15 is 0 Å². The Hall–Kier alpha value is -4.22. The summed E-state index contributed by atoms with van der Waals surface area (Å²) in [6.07, 6.45) is -0.320. The highest BCUT2D eigenvalue weighted by atomic mass is 32.2. The zero-order valence-electron chi connectivity index (χ0n) is 23.5. The van der Waals surface area contributed by atoms with Gasteiger partial charge in [-0.1, -0.05) is 12.1 Å². The summed E-state index contributed by atoms with van der Waals surface area (Å²) in [5.41, 5.74) is 4.17. The quantitative estimate of drug-likeness (QED) is 0.419. The van der Waals surface area contributed by atoms with Gasteiger partial charge in [-0.05, 0) is 91.9 Å². The molecule has 0 saturated carbocycles. The average molecular weight is 578 g/mol. The first-order valence-corrected chi connectivity index (χ1v) is 14.5. The lowest BCUT2D eigenvalue weighted by Crippen LogP contribution is -2.45. The molecule has 3 aromatic rings. The molecule has 0 aliphatic carbocycles. The van der Waals surface area contributed by atoms with Crippen molar-refractivity contribution >= 4 is 39.1 Å². The summed E-state index contributed by atoms with van der Waals surface area (Å²) >= 11 is 0. The molecule has 5 rings (SSSR count). The highest BCUT2D eigenvalue weighted by molar-refractivity contribution is 7.89. The lowest BCUT2D eigenvalue weighted by atomic mass is 10.0. The molecular formula is C30H31N3O7S. The van der Waals surface area contributed by atoms with Gasteiger partial charge in [-0.2, -0.15) is 4.31 Å². The maximum absolute atomic E-state index is 14.5. The van der Waals surface area contributed by atoms with E-state index < -0.39 is 27.9 Å².